The van der Waals surface area contributed by atoms with Gasteiger partial charge < -0.3 is 14.7 Å². The summed E-state index contributed by atoms with van der Waals surface area (Å²) in [7, 11) is 0. The molecule has 0 spiro atoms. The van der Waals surface area contributed by atoms with Gasteiger partial charge in [0.1, 0.15) is 6.33 Å². The molecule has 1 N–H and O–H groups in total. The molecule has 1 aliphatic heterocycles. The summed E-state index contributed by atoms with van der Waals surface area (Å²) in [5.74, 6) is -0.0386. The van der Waals surface area contributed by atoms with E-state index in [0.29, 0.717) is 44.1 Å². The van der Waals surface area contributed by atoms with E-state index in [9.17, 15) is 9.50 Å². The summed E-state index contributed by atoms with van der Waals surface area (Å²) in [5.41, 5.74) is 0.423. The molecule has 2 unspecified atom stereocenters. The molecule has 0 radical (unpaired) electrons. The average molecular weight is 269 g/mol. The summed E-state index contributed by atoms with van der Waals surface area (Å²) < 4.78 is 19.7. The highest BCUT2D eigenvalue weighted by Crippen LogP contribution is 2.24. The number of halogens is 1. The summed E-state index contributed by atoms with van der Waals surface area (Å²) in [6, 6.07) is -0.0529. The first-order valence-corrected chi connectivity index (χ1v) is 6.65. The predicted octanol–water partition coefficient (Wildman–Crippen LogP) is 1.15. The molecule has 1 aromatic heterocycles. The van der Waals surface area contributed by atoms with Crippen LogP contribution in [0.3, 0.4) is 0 Å². The zero-order valence-electron chi connectivity index (χ0n) is 11.3. The van der Waals surface area contributed by atoms with Crippen molar-refractivity contribution in [3.05, 3.63) is 17.8 Å². The van der Waals surface area contributed by atoms with Gasteiger partial charge in [-0.15, -0.1) is 0 Å². The van der Waals surface area contributed by atoms with Crippen molar-refractivity contribution < 1.29 is 14.2 Å². The first-order chi connectivity index (χ1) is 9.13. The third kappa shape index (κ3) is 3.19. The SMILES string of the molecule is CCc1ncnc(N2CCOCC2CC(C)O)c1F. The van der Waals surface area contributed by atoms with E-state index in [0.717, 1.165) is 0 Å². The molecule has 0 saturated carbocycles. The lowest BCUT2D eigenvalue weighted by Gasteiger charge is -2.37. The Labute approximate surface area is 112 Å². The summed E-state index contributed by atoms with van der Waals surface area (Å²) in [6.07, 6.45) is 2.01. The lowest BCUT2D eigenvalue weighted by molar-refractivity contribution is 0.0714. The quantitative estimate of drug-likeness (QED) is 0.888. The number of morpholine rings is 1. The summed E-state index contributed by atoms with van der Waals surface area (Å²) in [4.78, 5) is 9.90. The number of aliphatic hydroxyl groups excluding tert-OH is 1. The van der Waals surface area contributed by atoms with Crippen molar-refractivity contribution in [3.63, 3.8) is 0 Å². The molecule has 1 aromatic rings. The molecule has 2 rings (SSSR count). The molecular formula is C13H20FN3O2. The van der Waals surface area contributed by atoms with Gasteiger partial charge in [-0.3, -0.25) is 0 Å². The maximum Gasteiger partial charge on any atom is 0.187 e. The third-order valence-electron chi connectivity index (χ3n) is 3.29. The zero-order valence-corrected chi connectivity index (χ0v) is 11.3. The predicted molar refractivity (Wildman–Crippen MR) is 69.6 cm³/mol. The molecule has 0 amide bonds. The Kier molecular flexibility index (Phi) is 4.66. The molecule has 0 aliphatic carbocycles. The van der Waals surface area contributed by atoms with Crippen LogP contribution in [0.1, 0.15) is 26.0 Å². The molecule has 19 heavy (non-hydrogen) atoms. The Hall–Kier alpha value is -1.27. The van der Waals surface area contributed by atoms with Crippen LogP contribution in [0, 0.1) is 5.82 Å². The molecular weight excluding hydrogens is 249 g/mol. The van der Waals surface area contributed by atoms with Crippen LogP contribution in [-0.4, -0.2) is 47.0 Å². The maximum atomic E-state index is 14.3. The van der Waals surface area contributed by atoms with Gasteiger partial charge in [0.2, 0.25) is 0 Å². The van der Waals surface area contributed by atoms with E-state index in [2.05, 4.69) is 9.97 Å². The van der Waals surface area contributed by atoms with Gasteiger partial charge in [0.15, 0.2) is 11.6 Å². The Balaban J connectivity index is 2.26. The van der Waals surface area contributed by atoms with Crippen molar-refractivity contribution in [1.82, 2.24) is 9.97 Å². The fourth-order valence-corrected chi connectivity index (χ4v) is 2.37. The minimum atomic E-state index is -0.454. The van der Waals surface area contributed by atoms with Gasteiger partial charge in [0, 0.05) is 6.54 Å². The Morgan fingerprint density at radius 3 is 3.05 bits per heavy atom. The molecule has 106 valence electrons. The van der Waals surface area contributed by atoms with Crippen LogP contribution in [0.4, 0.5) is 10.2 Å². The van der Waals surface area contributed by atoms with Crippen LogP contribution in [0.15, 0.2) is 6.33 Å². The highest BCUT2D eigenvalue weighted by Gasteiger charge is 2.28. The second-order valence-electron chi connectivity index (χ2n) is 4.82. The second-order valence-corrected chi connectivity index (χ2v) is 4.82. The lowest BCUT2D eigenvalue weighted by Crippen LogP contribution is -2.47. The van der Waals surface area contributed by atoms with Gasteiger partial charge in [-0.1, -0.05) is 6.92 Å². The summed E-state index contributed by atoms with van der Waals surface area (Å²) in [5, 5.41) is 9.53. The number of anilines is 1. The standard InChI is InChI=1S/C13H20FN3O2/c1-3-11-12(14)13(16-8-15-11)17-4-5-19-7-10(17)6-9(2)18/h8-10,18H,3-7H2,1-2H3. The summed E-state index contributed by atoms with van der Waals surface area (Å²) in [6.45, 7) is 5.19. The first kappa shape index (κ1) is 14.1. The third-order valence-corrected chi connectivity index (χ3v) is 3.29. The van der Waals surface area contributed by atoms with E-state index in [1.165, 1.54) is 6.33 Å². The van der Waals surface area contributed by atoms with Crippen LogP contribution in [0.5, 0.6) is 0 Å². The topological polar surface area (TPSA) is 58.5 Å². The highest BCUT2D eigenvalue weighted by atomic mass is 19.1. The van der Waals surface area contributed by atoms with E-state index in [4.69, 9.17) is 4.74 Å². The first-order valence-electron chi connectivity index (χ1n) is 6.65. The summed E-state index contributed by atoms with van der Waals surface area (Å²) >= 11 is 0. The van der Waals surface area contributed by atoms with Crippen molar-refractivity contribution >= 4 is 5.82 Å². The van der Waals surface area contributed by atoms with Gasteiger partial charge in [-0.05, 0) is 19.8 Å². The van der Waals surface area contributed by atoms with Crippen LogP contribution < -0.4 is 4.90 Å². The van der Waals surface area contributed by atoms with E-state index in [1.807, 2.05) is 11.8 Å². The molecule has 2 heterocycles. The van der Waals surface area contributed by atoms with Crippen molar-refractivity contribution in [2.75, 3.05) is 24.7 Å². The highest BCUT2D eigenvalue weighted by molar-refractivity contribution is 5.42. The fourth-order valence-electron chi connectivity index (χ4n) is 2.37. The number of ether oxygens (including phenoxy) is 1. The second kappa shape index (κ2) is 6.25. The van der Waals surface area contributed by atoms with E-state index in [1.54, 1.807) is 6.92 Å². The van der Waals surface area contributed by atoms with Crippen molar-refractivity contribution in [2.45, 2.75) is 38.8 Å². The Morgan fingerprint density at radius 2 is 2.37 bits per heavy atom. The zero-order chi connectivity index (χ0) is 13.8. The Morgan fingerprint density at radius 1 is 1.58 bits per heavy atom. The van der Waals surface area contributed by atoms with Crippen molar-refractivity contribution in [3.8, 4) is 0 Å². The van der Waals surface area contributed by atoms with Gasteiger partial charge in [-0.25, -0.2) is 14.4 Å². The fraction of sp³-hybridized carbons (Fsp3) is 0.692. The van der Waals surface area contributed by atoms with E-state index in [-0.39, 0.29) is 11.9 Å². The minimum Gasteiger partial charge on any atom is -0.393 e. The molecule has 0 bridgehead atoms. The maximum absolute atomic E-state index is 14.3. The molecule has 1 aliphatic rings. The van der Waals surface area contributed by atoms with Crippen LogP contribution in [0.25, 0.3) is 0 Å². The van der Waals surface area contributed by atoms with Gasteiger partial charge >= 0.3 is 0 Å². The van der Waals surface area contributed by atoms with Crippen LogP contribution in [0.2, 0.25) is 0 Å². The number of hydrogen-bond donors (Lipinski definition) is 1. The smallest absolute Gasteiger partial charge is 0.187 e. The number of rotatable bonds is 4. The van der Waals surface area contributed by atoms with Gasteiger partial charge in [0.05, 0.1) is 31.1 Å². The average Bonchev–Trinajstić information content (AvgIpc) is 2.39. The number of aryl methyl sites for hydroxylation is 1. The van der Waals surface area contributed by atoms with Crippen molar-refractivity contribution in [2.24, 2.45) is 0 Å². The molecule has 5 nitrogen and oxygen atoms in total. The number of hydrogen-bond acceptors (Lipinski definition) is 5. The number of aliphatic hydroxyl groups is 1. The molecule has 1 fully saturated rings. The number of aromatic nitrogens is 2. The molecule has 1 saturated heterocycles. The molecule has 0 aromatic carbocycles. The molecule has 2 atom stereocenters. The van der Waals surface area contributed by atoms with Crippen molar-refractivity contribution in [1.29, 1.82) is 0 Å². The Bertz CT molecular complexity index is 428. The van der Waals surface area contributed by atoms with Crippen LogP contribution in [-0.2, 0) is 11.2 Å². The number of nitrogens with zero attached hydrogens (tertiary/aromatic N) is 3. The van der Waals surface area contributed by atoms with E-state index >= 15 is 0 Å². The normalized spacial score (nSPS) is 21.5. The van der Waals surface area contributed by atoms with Gasteiger partial charge in [-0.2, -0.15) is 0 Å². The van der Waals surface area contributed by atoms with Gasteiger partial charge in [0.25, 0.3) is 0 Å². The lowest BCUT2D eigenvalue weighted by atomic mass is 10.1. The van der Waals surface area contributed by atoms with Crippen LogP contribution >= 0.6 is 0 Å². The van der Waals surface area contributed by atoms with E-state index < -0.39 is 6.10 Å². The largest absolute Gasteiger partial charge is 0.393 e. The molecule has 6 heteroatoms. The monoisotopic (exact) mass is 269 g/mol. The minimum absolute atomic E-state index is 0.0529.